The van der Waals surface area contributed by atoms with Gasteiger partial charge in [-0.1, -0.05) is 109 Å². The molecule has 0 aliphatic heterocycles. The molecule has 0 unspecified atom stereocenters. The van der Waals surface area contributed by atoms with Gasteiger partial charge >= 0.3 is 0 Å². The number of hydrogen-bond acceptors (Lipinski definition) is 3. The fourth-order valence-electron chi connectivity index (χ4n) is 7.95. The lowest BCUT2D eigenvalue weighted by Crippen LogP contribution is -1.90. The van der Waals surface area contributed by atoms with Crippen LogP contribution in [0, 0.1) is 0 Å². The minimum atomic E-state index is 0.782. The Morgan fingerprint density at radius 2 is 0.939 bits per heavy atom. The van der Waals surface area contributed by atoms with E-state index in [0.29, 0.717) is 0 Å². The summed E-state index contributed by atoms with van der Waals surface area (Å²) >= 11 is 1.86. The van der Waals surface area contributed by atoms with E-state index in [9.17, 15) is 0 Å². The van der Waals surface area contributed by atoms with Crippen molar-refractivity contribution in [2.45, 2.75) is 0 Å². The number of hydrogen-bond donors (Lipinski definition) is 0. The summed E-state index contributed by atoms with van der Waals surface area (Å²) < 4.78 is 15.5. The molecule has 0 radical (unpaired) electrons. The topological polar surface area (TPSA) is 26.3 Å². The maximum absolute atomic E-state index is 6.67. The van der Waals surface area contributed by atoms with Crippen LogP contribution in [0.3, 0.4) is 0 Å². The van der Waals surface area contributed by atoms with Crippen molar-refractivity contribution in [3.05, 3.63) is 158 Å². The summed E-state index contributed by atoms with van der Waals surface area (Å²) in [5.41, 5.74) is 9.47. The van der Waals surface area contributed by atoms with E-state index in [1.807, 2.05) is 23.7 Å². The van der Waals surface area contributed by atoms with E-state index < -0.39 is 0 Å². The second kappa shape index (κ2) is 10.2. The smallest absolute Gasteiger partial charge is 0.178 e. The lowest BCUT2D eigenvalue weighted by atomic mass is 9.85. The van der Waals surface area contributed by atoms with Crippen molar-refractivity contribution in [1.29, 1.82) is 0 Å². The van der Waals surface area contributed by atoms with Crippen molar-refractivity contribution < 1.29 is 8.83 Å². The van der Waals surface area contributed by atoms with Gasteiger partial charge in [0.2, 0.25) is 0 Å². The van der Waals surface area contributed by atoms with Crippen LogP contribution in [0.25, 0.3) is 108 Å². The molecule has 228 valence electrons. The predicted octanol–water partition coefficient (Wildman–Crippen LogP) is 14.0. The lowest BCUT2D eigenvalue weighted by Gasteiger charge is -2.18. The molecule has 0 bridgehead atoms. The Hall–Kier alpha value is -6.16. The summed E-state index contributed by atoms with van der Waals surface area (Å²) in [6, 6.07) is 54.7. The molecule has 0 aliphatic rings. The Bertz CT molecular complexity index is 3050. The van der Waals surface area contributed by atoms with E-state index in [1.165, 1.54) is 58.4 Å². The third-order valence-corrected chi connectivity index (χ3v) is 11.3. The Labute approximate surface area is 285 Å². The van der Waals surface area contributed by atoms with Gasteiger partial charge in [0, 0.05) is 41.9 Å². The van der Waals surface area contributed by atoms with Crippen molar-refractivity contribution >= 4 is 86.0 Å². The average Bonchev–Trinajstić information content (AvgIpc) is 3.87. The number of thiophene rings is 1. The Kier molecular flexibility index (Phi) is 5.57. The SMILES string of the molecule is c1ccc(-c2coc3c2ccc2c4ccc(-c5c6ccccc6c(-c6ccc7sc8ccccc8c7c6)c6ccccc56)cc4oc23)cc1. The molecular weight excluding hydrogens is 617 g/mol. The van der Waals surface area contributed by atoms with Gasteiger partial charge in [-0.2, -0.15) is 0 Å². The maximum atomic E-state index is 6.67. The number of fused-ring (bicyclic) bond motifs is 10. The molecule has 0 saturated heterocycles. The van der Waals surface area contributed by atoms with Crippen LogP contribution in [0.1, 0.15) is 0 Å². The molecule has 0 fully saturated rings. The molecule has 0 atom stereocenters. The summed E-state index contributed by atoms with van der Waals surface area (Å²) in [5, 5.41) is 10.8. The quantitative estimate of drug-likeness (QED) is 0.179. The van der Waals surface area contributed by atoms with Crippen molar-refractivity contribution in [1.82, 2.24) is 0 Å². The summed E-state index contributed by atoms with van der Waals surface area (Å²) in [7, 11) is 0. The zero-order valence-electron chi connectivity index (χ0n) is 26.2. The van der Waals surface area contributed by atoms with Gasteiger partial charge in [-0.3, -0.25) is 0 Å². The molecule has 8 aromatic carbocycles. The van der Waals surface area contributed by atoms with Gasteiger partial charge < -0.3 is 8.83 Å². The molecule has 3 aromatic heterocycles. The highest BCUT2D eigenvalue weighted by Gasteiger charge is 2.20. The van der Waals surface area contributed by atoms with Crippen molar-refractivity contribution in [3.8, 4) is 33.4 Å². The average molecular weight is 643 g/mol. The highest BCUT2D eigenvalue weighted by atomic mass is 32.1. The van der Waals surface area contributed by atoms with Crippen molar-refractivity contribution in [3.63, 3.8) is 0 Å². The normalized spacial score (nSPS) is 12.1. The predicted molar refractivity (Wildman–Crippen MR) is 208 cm³/mol. The molecule has 11 rings (SSSR count). The summed E-state index contributed by atoms with van der Waals surface area (Å²) in [4.78, 5) is 0. The van der Waals surface area contributed by atoms with Crippen LogP contribution in [0.4, 0.5) is 0 Å². The van der Waals surface area contributed by atoms with Crippen molar-refractivity contribution in [2.75, 3.05) is 0 Å². The van der Waals surface area contributed by atoms with Gasteiger partial charge in [-0.25, -0.2) is 0 Å². The van der Waals surface area contributed by atoms with E-state index in [2.05, 4.69) is 146 Å². The molecule has 0 spiro atoms. The van der Waals surface area contributed by atoms with E-state index in [0.717, 1.165) is 49.6 Å². The Balaban J connectivity index is 1.14. The van der Waals surface area contributed by atoms with Crippen LogP contribution >= 0.6 is 11.3 Å². The molecule has 0 aliphatic carbocycles. The fourth-order valence-corrected chi connectivity index (χ4v) is 9.04. The van der Waals surface area contributed by atoms with Gasteiger partial charge in [0.05, 0.1) is 6.26 Å². The number of rotatable bonds is 3. The largest absolute Gasteiger partial charge is 0.460 e. The first-order chi connectivity index (χ1) is 24.3. The Morgan fingerprint density at radius 3 is 1.67 bits per heavy atom. The fraction of sp³-hybridized carbons (Fsp3) is 0. The first-order valence-electron chi connectivity index (χ1n) is 16.6. The van der Waals surface area contributed by atoms with Crippen LogP contribution < -0.4 is 0 Å². The van der Waals surface area contributed by atoms with E-state index >= 15 is 0 Å². The molecule has 11 aromatic rings. The Morgan fingerprint density at radius 1 is 0.367 bits per heavy atom. The molecule has 3 heteroatoms. The van der Waals surface area contributed by atoms with Gasteiger partial charge in [0.15, 0.2) is 11.2 Å². The molecule has 3 heterocycles. The van der Waals surface area contributed by atoms with E-state index in [1.54, 1.807) is 0 Å². The van der Waals surface area contributed by atoms with Crippen molar-refractivity contribution in [2.24, 2.45) is 0 Å². The molecule has 0 N–H and O–H groups in total. The molecule has 0 saturated carbocycles. The molecule has 0 amide bonds. The molecule has 49 heavy (non-hydrogen) atoms. The number of benzene rings is 8. The van der Waals surface area contributed by atoms with Crippen LogP contribution in [0.5, 0.6) is 0 Å². The zero-order valence-corrected chi connectivity index (χ0v) is 27.1. The minimum absolute atomic E-state index is 0.782. The summed E-state index contributed by atoms with van der Waals surface area (Å²) in [6.45, 7) is 0. The second-order valence-corrected chi connectivity index (χ2v) is 13.9. The van der Waals surface area contributed by atoms with E-state index in [4.69, 9.17) is 8.83 Å². The molecular formula is C46H26O2S. The van der Waals surface area contributed by atoms with Crippen LogP contribution in [0.15, 0.2) is 167 Å². The first kappa shape index (κ1) is 26.9. The third kappa shape index (κ3) is 3.88. The zero-order chi connectivity index (χ0) is 32.1. The maximum Gasteiger partial charge on any atom is 0.178 e. The minimum Gasteiger partial charge on any atom is -0.460 e. The van der Waals surface area contributed by atoms with E-state index in [-0.39, 0.29) is 0 Å². The highest BCUT2D eigenvalue weighted by molar-refractivity contribution is 7.25. The second-order valence-electron chi connectivity index (χ2n) is 12.8. The molecule has 2 nitrogen and oxygen atoms in total. The van der Waals surface area contributed by atoms with Gasteiger partial charge in [0.25, 0.3) is 0 Å². The number of furan rings is 2. The van der Waals surface area contributed by atoms with Crippen LogP contribution in [0.2, 0.25) is 0 Å². The standard InChI is InChI=1S/C46H26O2S/c1-2-10-27(11-3-1)39-26-47-45-37(39)22-21-36-30-20-18-29(25-40(30)48-46(36)45)44-34-15-6-4-13-32(34)43(33-14-5-7-16-35(33)44)28-19-23-42-38(24-28)31-12-8-9-17-41(31)49-42/h1-26H. The summed E-state index contributed by atoms with van der Waals surface area (Å²) in [5.74, 6) is 0. The summed E-state index contributed by atoms with van der Waals surface area (Å²) in [6.07, 6.45) is 1.84. The monoisotopic (exact) mass is 642 g/mol. The third-order valence-electron chi connectivity index (χ3n) is 10.2. The lowest BCUT2D eigenvalue weighted by molar-refractivity contribution is 0.600. The van der Waals surface area contributed by atoms with Crippen LogP contribution in [-0.4, -0.2) is 0 Å². The van der Waals surface area contributed by atoms with Gasteiger partial charge in [-0.05, 0) is 91.8 Å². The van der Waals surface area contributed by atoms with Gasteiger partial charge in [0.1, 0.15) is 5.58 Å². The van der Waals surface area contributed by atoms with Crippen LogP contribution in [-0.2, 0) is 0 Å². The first-order valence-corrected chi connectivity index (χ1v) is 17.4. The highest BCUT2D eigenvalue weighted by Crippen LogP contribution is 2.47. The van der Waals surface area contributed by atoms with Gasteiger partial charge in [-0.15, -0.1) is 11.3 Å².